The number of rotatable bonds is 6. The number of carbonyl (C=O) groups is 2. The lowest BCUT2D eigenvalue weighted by molar-refractivity contribution is -0.357. The largest absolute Gasteiger partial charge is 0.481 e. The summed E-state index contributed by atoms with van der Waals surface area (Å²) in [5.74, 6) is -1.53. The molecule has 0 spiro atoms. The van der Waals surface area contributed by atoms with Crippen molar-refractivity contribution in [1.82, 2.24) is 0 Å². The maximum absolute atomic E-state index is 13.0. The van der Waals surface area contributed by atoms with Crippen LogP contribution in [0.15, 0.2) is 11.6 Å². The van der Waals surface area contributed by atoms with E-state index in [4.69, 9.17) is 18.9 Å². The molecule has 6 fully saturated rings. The van der Waals surface area contributed by atoms with Gasteiger partial charge < -0.3 is 54.7 Å². The van der Waals surface area contributed by atoms with Gasteiger partial charge in [-0.2, -0.15) is 0 Å². The van der Waals surface area contributed by atoms with E-state index in [0.29, 0.717) is 18.8 Å². The van der Waals surface area contributed by atoms with Crippen molar-refractivity contribution in [3.05, 3.63) is 11.6 Å². The zero-order valence-corrected chi connectivity index (χ0v) is 32.9. The Bertz CT molecular complexity index is 1510. The third-order valence-corrected chi connectivity index (χ3v) is 16.8. The van der Waals surface area contributed by atoms with Crippen LogP contribution >= 0.6 is 0 Å². The highest BCUT2D eigenvalue weighted by atomic mass is 16.7. The molecule has 0 aromatic carbocycles. The van der Waals surface area contributed by atoms with Gasteiger partial charge >= 0.3 is 11.9 Å². The number of aliphatic carboxylic acids is 2. The van der Waals surface area contributed by atoms with Crippen LogP contribution in [0.4, 0.5) is 0 Å². The average Bonchev–Trinajstić information content (AvgIpc) is 3.08. The van der Waals surface area contributed by atoms with Crippen LogP contribution in [0.1, 0.15) is 113 Å². The van der Waals surface area contributed by atoms with E-state index in [1.807, 2.05) is 0 Å². The van der Waals surface area contributed by atoms with Crippen LogP contribution in [-0.4, -0.2) is 116 Å². The Morgan fingerprint density at radius 3 is 2.11 bits per heavy atom. The SMILES string of the molecule is CC1(C)CC[C@]2(C(=O)O)CC[C@]3(C)C(=CC[C@@H]4[C@@]5(C)CC[C@H](O[C@@H]6O[C@H](C(=O)O)[C@@H](O)[C@H](O[C@@H]7OC[C@@H](O)[C@@H](O)[C@@H]7O)[C@H]6O)C(C)(C)[C@@H]5CC[C@]43C)[C@@H]2C1. The molecule has 2 aliphatic heterocycles. The van der Waals surface area contributed by atoms with Gasteiger partial charge in [0, 0.05) is 0 Å². The van der Waals surface area contributed by atoms with Crippen molar-refractivity contribution in [2.75, 3.05) is 6.61 Å². The molecule has 13 heteroatoms. The summed E-state index contributed by atoms with van der Waals surface area (Å²) in [5, 5.41) is 73.6. The van der Waals surface area contributed by atoms with E-state index < -0.39 is 84.2 Å². The van der Waals surface area contributed by atoms with E-state index in [0.717, 1.165) is 51.4 Å². The highest BCUT2D eigenvalue weighted by Gasteiger charge is 2.69. The zero-order valence-electron chi connectivity index (χ0n) is 32.9. The van der Waals surface area contributed by atoms with Gasteiger partial charge in [0.15, 0.2) is 18.7 Å². The summed E-state index contributed by atoms with van der Waals surface area (Å²) >= 11 is 0. The lowest BCUT2D eigenvalue weighted by atomic mass is 9.33. The zero-order chi connectivity index (χ0) is 39.6. The molecule has 0 unspecified atom stereocenters. The van der Waals surface area contributed by atoms with Crippen molar-refractivity contribution in [2.45, 2.75) is 174 Å². The summed E-state index contributed by atoms with van der Waals surface area (Å²) in [4.78, 5) is 25.3. The fourth-order valence-corrected chi connectivity index (χ4v) is 13.4. The number of hydrogen-bond acceptors (Lipinski definition) is 11. The van der Waals surface area contributed by atoms with Gasteiger partial charge in [0.2, 0.25) is 0 Å². The van der Waals surface area contributed by atoms with Crippen LogP contribution in [0, 0.1) is 50.2 Å². The van der Waals surface area contributed by atoms with Crippen molar-refractivity contribution in [3.63, 3.8) is 0 Å². The number of fused-ring (bicyclic) bond motifs is 7. The molecule has 0 aromatic rings. The van der Waals surface area contributed by atoms with E-state index in [2.05, 4.69) is 54.5 Å². The van der Waals surface area contributed by atoms with E-state index in [1.54, 1.807) is 0 Å². The predicted octanol–water partition coefficient (Wildman–Crippen LogP) is 3.61. The van der Waals surface area contributed by atoms with E-state index in [1.165, 1.54) is 5.57 Å². The molecular weight excluding hydrogens is 700 g/mol. The fourth-order valence-electron chi connectivity index (χ4n) is 13.4. The normalized spacial score (nSPS) is 52.4. The molecule has 0 radical (unpaired) electrons. The Morgan fingerprint density at radius 2 is 1.44 bits per heavy atom. The molecule has 306 valence electrons. The Hall–Kier alpha value is -1.68. The molecule has 17 atom stereocenters. The summed E-state index contributed by atoms with van der Waals surface area (Å²) in [5.41, 5.74) is 0.110. The molecule has 7 aliphatic rings. The molecule has 54 heavy (non-hydrogen) atoms. The van der Waals surface area contributed by atoms with Gasteiger partial charge in [0.25, 0.3) is 0 Å². The molecule has 13 nitrogen and oxygen atoms in total. The van der Waals surface area contributed by atoms with E-state index in [-0.39, 0.29) is 40.1 Å². The third-order valence-electron chi connectivity index (χ3n) is 16.8. The maximum Gasteiger partial charge on any atom is 0.335 e. The van der Waals surface area contributed by atoms with Gasteiger partial charge in [-0.1, -0.05) is 60.1 Å². The Labute approximate surface area is 318 Å². The van der Waals surface area contributed by atoms with Crippen LogP contribution < -0.4 is 0 Å². The monoisotopic (exact) mass is 764 g/mol. The minimum atomic E-state index is -1.86. The fraction of sp³-hybridized carbons (Fsp3) is 0.902. The molecule has 4 saturated carbocycles. The molecule has 7 N–H and O–H groups in total. The van der Waals surface area contributed by atoms with E-state index in [9.17, 15) is 45.3 Å². The first-order valence-electron chi connectivity index (χ1n) is 20.2. The third kappa shape index (κ3) is 5.88. The quantitative estimate of drug-likeness (QED) is 0.152. The summed E-state index contributed by atoms with van der Waals surface area (Å²) < 4.78 is 23.3. The number of allylic oxidation sites excluding steroid dienone is 2. The van der Waals surface area contributed by atoms with Crippen molar-refractivity contribution in [3.8, 4) is 0 Å². The molecule has 0 amide bonds. The highest BCUT2D eigenvalue weighted by molar-refractivity contribution is 5.76. The summed E-state index contributed by atoms with van der Waals surface area (Å²) in [6.45, 7) is 15.9. The Kier molecular flexibility index (Phi) is 10.1. The number of carboxylic acid groups (broad SMARTS) is 2. The van der Waals surface area contributed by atoms with Gasteiger partial charge in [-0.15, -0.1) is 0 Å². The maximum atomic E-state index is 13.0. The number of carboxylic acids is 2. The van der Waals surface area contributed by atoms with Crippen molar-refractivity contribution in [1.29, 1.82) is 0 Å². The molecule has 2 heterocycles. The molecular formula is C41H64O13. The van der Waals surface area contributed by atoms with E-state index >= 15 is 0 Å². The number of hydrogen-bond donors (Lipinski definition) is 7. The molecule has 2 saturated heterocycles. The average molecular weight is 765 g/mol. The summed E-state index contributed by atoms with van der Waals surface area (Å²) in [7, 11) is 0. The van der Waals surface area contributed by atoms with Gasteiger partial charge in [0.05, 0.1) is 18.1 Å². The Balaban J connectivity index is 1.13. The smallest absolute Gasteiger partial charge is 0.335 e. The minimum absolute atomic E-state index is 0.0359. The highest BCUT2D eigenvalue weighted by Crippen LogP contribution is 2.76. The van der Waals surface area contributed by atoms with Crippen LogP contribution in [-0.2, 0) is 28.5 Å². The topological polar surface area (TPSA) is 213 Å². The van der Waals surface area contributed by atoms with Crippen molar-refractivity contribution < 1.29 is 64.3 Å². The first-order chi connectivity index (χ1) is 25.0. The summed E-state index contributed by atoms with van der Waals surface area (Å²) in [6.07, 6.45) is -4.35. The Morgan fingerprint density at radius 1 is 0.759 bits per heavy atom. The van der Waals surface area contributed by atoms with Crippen molar-refractivity contribution in [2.24, 2.45) is 50.2 Å². The van der Waals surface area contributed by atoms with Crippen LogP contribution in [0.3, 0.4) is 0 Å². The second-order valence-electron chi connectivity index (χ2n) is 20.3. The number of aliphatic hydroxyl groups excluding tert-OH is 5. The van der Waals surface area contributed by atoms with Gasteiger partial charge in [0.1, 0.15) is 36.6 Å². The van der Waals surface area contributed by atoms with Crippen LogP contribution in [0.25, 0.3) is 0 Å². The van der Waals surface area contributed by atoms with Crippen molar-refractivity contribution >= 4 is 11.9 Å². The lowest BCUT2D eigenvalue weighted by Gasteiger charge is -2.71. The second kappa shape index (κ2) is 13.4. The molecule has 7 rings (SSSR count). The van der Waals surface area contributed by atoms with Gasteiger partial charge in [-0.05, 0) is 109 Å². The van der Waals surface area contributed by atoms with Gasteiger partial charge in [-0.3, -0.25) is 4.79 Å². The second-order valence-corrected chi connectivity index (χ2v) is 20.3. The van der Waals surface area contributed by atoms with Crippen LogP contribution in [0.2, 0.25) is 0 Å². The first kappa shape index (κ1) is 40.5. The minimum Gasteiger partial charge on any atom is -0.481 e. The van der Waals surface area contributed by atoms with Gasteiger partial charge in [-0.25, -0.2) is 4.79 Å². The molecule has 0 bridgehead atoms. The lowest BCUT2D eigenvalue weighted by Crippen LogP contribution is -2.66. The number of aliphatic hydroxyl groups is 5. The molecule has 5 aliphatic carbocycles. The van der Waals surface area contributed by atoms with Crippen LogP contribution in [0.5, 0.6) is 0 Å². The first-order valence-corrected chi connectivity index (χ1v) is 20.2. The summed E-state index contributed by atoms with van der Waals surface area (Å²) in [6, 6.07) is 0. The predicted molar refractivity (Wildman–Crippen MR) is 192 cm³/mol. The molecule has 0 aromatic heterocycles. The standard InChI is InChI=1S/C41H64O13/c1-36(2)14-16-41(35(49)50)17-15-39(6)20(21(41)18-36)8-9-24-38(5)12-11-25(37(3,4)23(38)10-13-40(24,39)7)52-34-29(46)30(28(45)31(54-34)32(47)48)53-33-27(44)26(43)22(42)19-51-33/h8,21-31,33-34,42-46H,9-19H2,1-7H3,(H,47,48)(H,49,50)/t21-,22+,23-,24+,25-,26+,27-,28-,29+,30-,31-,33-,34+,38-,39+,40+,41-/m0/s1. The number of ether oxygens (including phenoxy) is 4.